The fourth-order valence-electron chi connectivity index (χ4n) is 2.46. The Kier molecular flexibility index (Phi) is 5.16. The Hall–Kier alpha value is -3.78. The first-order valence-electron chi connectivity index (χ1n) is 7.96. The maximum absolute atomic E-state index is 10.5. The molecule has 3 rings (SSSR count). The Morgan fingerprint density at radius 2 is 2.00 bits per heavy atom. The summed E-state index contributed by atoms with van der Waals surface area (Å²) in [6.45, 7) is 1.85. The van der Waals surface area contributed by atoms with Crippen molar-refractivity contribution in [2.45, 2.75) is 6.92 Å². The Morgan fingerprint density at radius 1 is 1.12 bits per heavy atom. The molecule has 2 aromatic heterocycles. The van der Waals surface area contributed by atoms with Crippen molar-refractivity contribution >= 4 is 18.3 Å². The lowest BCUT2D eigenvalue weighted by Gasteiger charge is -2.08. The SMILES string of the molecule is Cc1nc(N)nc(-c2cccc(/C=C/C=O)c2)c1C#Cc1cccnc1. The van der Waals surface area contributed by atoms with E-state index in [1.807, 2.05) is 43.3 Å². The summed E-state index contributed by atoms with van der Waals surface area (Å²) in [5.74, 6) is 6.42. The van der Waals surface area contributed by atoms with E-state index in [0.29, 0.717) is 17.0 Å². The molecule has 0 saturated carbocycles. The van der Waals surface area contributed by atoms with E-state index in [0.717, 1.165) is 23.0 Å². The molecule has 2 heterocycles. The minimum atomic E-state index is 0.193. The van der Waals surface area contributed by atoms with Gasteiger partial charge in [0.1, 0.15) is 6.29 Å². The number of carbonyl (C=O) groups excluding carboxylic acids is 1. The van der Waals surface area contributed by atoms with Gasteiger partial charge in [0.2, 0.25) is 5.95 Å². The molecule has 2 N–H and O–H groups in total. The number of pyridine rings is 1. The van der Waals surface area contributed by atoms with Gasteiger partial charge in [-0.25, -0.2) is 9.97 Å². The number of anilines is 1. The second kappa shape index (κ2) is 7.86. The first-order chi connectivity index (χ1) is 12.7. The van der Waals surface area contributed by atoms with E-state index in [1.54, 1.807) is 18.5 Å². The van der Waals surface area contributed by atoms with Gasteiger partial charge in [-0.1, -0.05) is 36.1 Å². The number of hydrogen-bond acceptors (Lipinski definition) is 5. The number of rotatable bonds is 3. The number of aldehydes is 1. The van der Waals surface area contributed by atoms with Crippen LogP contribution in [0.4, 0.5) is 5.95 Å². The van der Waals surface area contributed by atoms with Crippen molar-refractivity contribution in [3.05, 3.63) is 77.3 Å². The third kappa shape index (κ3) is 4.00. The molecule has 0 aliphatic carbocycles. The molecule has 0 unspecified atom stereocenters. The van der Waals surface area contributed by atoms with E-state index in [9.17, 15) is 4.79 Å². The van der Waals surface area contributed by atoms with Crippen molar-refractivity contribution in [1.82, 2.24) is 15.0 Å². The van der Waals surface area contributed by atoms with Gasteiger partial charge in [-0.05, 0) is 36.8 Å². The van der Waals surface area contributed by atoms with Crippen LogP contribution < -0.4 is 5.73 Å². The third-order valence-corrected chi connectivity index (χ3v) is 3.63. The Labute approximate surface area is 151 Å². The zero-order chi connectivity index (χ0) is 18.4. The highest BCUT2D eigenvalue weighted by Crippen LogP contribution is 2.25. The number of carbonyl (C=O) groups is 1. The Morgan fingerprint density at radius 3 is 2.77 bits per heavy atom. The summed E-state index contributed by atoms with van der Waals surface area (Å²) in [6.07, 6.45) is 7.32. The molecule has 0 aliphatic rings. The van der Waals surface area contributed by atoms with Gasteiger partial charge in [0.15, 0.2) is 0 Å². The van der Waals surface area contributed by atoms with Crippen LogP contribution >= 0.6 is 0 Å². The summed E-state index contributed by atoms with van der Waals surface area (Å²) in [5.41, 5.74) is 10.5. The summed E-state index contributed by atoms with van der Waals surface area (Å²) in [6, 6.07) is 11.4. The molecule has 0 saturated heterocycles. The summed E-state index contributed by atoms with van der Waals surface area (Å²) in [7, 11) is 0. The Bertz CT molecular complexity index is 1030. The predicted molar refractivity (Wildman–Crippen MR) is 102 cm³/mol. The predicted octanol–water partition coefficient (Wildman–Crippen LogP) is 3.04. The van der Waals surface area contributed by atoms with Crippen molar-refractivity contribution in [2.24, 2.45) is 0 Å². The molecule has 0 amide bonds. The van der Waals surface area contributed by atoms with Crippen LogP contribution in [0.1, 0.15) is 22.4 Å². The van der Waals surface area contributed by atoms with Crippen molar-refractivity contribution in [3.63, 3.8) is 0 Å². The van der Waals surface area contributed by atoms with E-state index in [-0.39, 0.29) is 5.95 Å². The third-order valence-electron chi connectivity index (χ3n) is 3.63. The van der Waals surface area contributed by atoms with Gasteiger partial charge in [-0.3, -0.25) is 9.78 Å². The molecule has 126 valence electrons. The van der Waals surface area contributed by atoms with Gasteiger partial charge in [0, 0.05) is 23.5 Å². The largest absolute Gasteiger partial charge is 0.368 e. The minimum absolute atomic E-state index is 0.193. The summed E-state index contributed by atoms with van der Waals surface area (Å²) >= 11 is 0. The first kappa shape index (κ1) is 17.1. The topological polar surface area (TPSA) is 81.8 Å². The lowest BCUT2D eigenvalue weighted by atomic mass is 10.0. The molecule has 0 radical (unpaired) electrons. The maximum atomic E-state index is 10.5. The highest BCUT2D eigenvalue weighted by Gasteiger charge is 2.11. The number of benzene rings is 1. The van der Waals surface area contributed by atoms with Crippen LogP contribution in [0.25, 0.3) is 17.3 Å². The van der Waals surface area contributed by atoms with Gasteiger partial charge >= 0.3 is 0 Å². The molecular formula is C21H16N4O. The smallest absolute Gasteiger partial charge is 0.220 e. The second-order valence-electron chi connectivity index (χ2n) is 5.50. The minimum Gasteiger partial charge on any atom is -0.368 e. The van der Waals surface area contributed by atoms with Gasteiger partial charge in [0.05, 0.1) is 17.0 Å². The number of aromatic nitrogens is 3. The highest BCUT2D eigenvalue weighted by molar-refractivity contribution is 5.76. The summed E-state index contributed by atoms with van der Waals surface area (Å²) in [4.78, 5) is 23.2. The van der Waals surface area contributed by atoms with Crippen LogP contribution in [0.3, 0.4) is 0 Å². The van der Waals surface area contributed by atoms with E-state index in [1.165, 1.54) is 6.08 Å². The molecule has 5 nitrogen and oxygen atoms in total. The fraction of sp³-hybridized carbons (Fsp3) is 0.0476. The number of nitrogens with zero attached hydrogens (tertiary/aromatic N) is 3. The van der Waals surface area contributed by atoms with E-state index in [2.05, 4.69) is 26.8 Å². The van der Waals surface area contributed by atoms with Gasteiger partial charge in [0.25, 0.3) is 0 Å². The van der Waals surface area contributed by atoms with Crippen LogP contribution in [0, 0.1) is 18.8 Å². The standard InChI is InChI=1S/C21H16N4O/c1-15-19(10-9-17-6-3-11-23-14-17)20(25-21(22)24-15)18-8-2-5-16(13-18)7-4-12-26/h2-8,11-14H,1H3,(H2,22,24,25)/b7-4+. The zero-order valence-corrected chi connectivity index (χ0v) is 14.2. The van der Waals surface area contributed by atoms with Crippen LogP contribution in [-0.4, -0.2) is 21.2 Å². The lowest BCUT2D eigenvalue weighted by Crippen LogP contribution is -2.03. The van der Waals surface area contributed by atoms with Crippen LogP contribution in [0.5, 0.6) is 0 Å². The molecule has 5 heteroatoms. The van der Waals surface area contributed by atoms with Crippen molar-refractivity contribution in [2.75, 3.05) is 5.73 Å². The normalized spacial score (nSPS) is 10.3. The zero-order valence-electron chi connectivity index (χ0n) is 14.2. The monoisotopic (exact) mass is 340 g/mol. The molecule has 26 heavy (non-hydrogen) atoms. The summed E-state index contributed by atoms with van der Waals surface area (Å²) < 4.78 is 0. The van der Waals surface area contributed by atoms with Crippen molar-refractivity contribution in [3.8, 4) is 23.1 Å². The molecular weight excluding hydrogens is 324 g/mol. The van der Waals surface area contributed by atoms with Crippen LogP contribution in [-0.2, 0) is 4.79 Å². The van der Waals surface area contributed by atoms with Gasteiger partial charge in [-0.15, -0.1) is 0 Å². The average molecular weight is 340 g/mol. The summed E-state index contributed by atoms with van der Waals surface area (Å²) in [5, 5.41) is 0. The van der Waals surface area contributed by atoms with E-state index < -0.39 is 0 Å². The lowest BCUT2D eigenvalue weighted by molar-refractivity contribution is -0.104. The fourth-order valence-corrected chi connectivity index (χ4v) is 2.46. The molecule has 0 atom stereocenters. The highest BCUT2D eigenvalue weighted by atomic mass is 16.1. The number of nitrogens with two attached hydrogens (primary N) is 1. The van der Waals surface area contributed by atoms with E-state index in [4.69, 9.17) is 5.73 Å². The number of hydrogen-bond donors (Lipinski definition) is 1. The van der Waals surface area contributed by atoms with Gasteiger partial charge in [-0.2, -0.15) is 0 Å². The van der Waals surface area contributed by atoms with Crippen LogP contribution in [0.2, 0.25) is 0 Å². The molecule has 3 aromatic rings. The molecule has 0 aliphatic heterocycles. The molecule has 0 spiro atoms. The molecule has 1 aromatic carbocycles. The molecule has 0 fully saturated rings. The quantitative estimate of drug-likeness (QED) is 0.450. The number of nitrogen functional groups attached to an aromatic ring is 1. The number of aryl methyl sites for hydroxylation is 1. The maximum Gasteiger partial charge on any atom is 0.220 e. The van der Waals surface area contributed by atoms with Crippen molar-refractivity contribution in [1.29, 1.82) is 0 Å². The van der Waals surface area contributed by atoms with Crippen molar-refractivity contribution < 1.29 is 4.79 Å². The van der Waals surface area contributed by atoms with E-state index >= 15 is 0 Å². The second-order valence-corrected chi connectivity index (χ2v) is 5.50. The van der Waals surface area contributed by atoms with Crippen LogP contribution in [0.15, 0.2) is 54.9 Å². The molecule has 0 bridgehead atoms. The number of allylic oxidation sites excluding steroid dienone is 1. The van der Waals surface area contributed by atoms with Gasteiger partial charge < -0.3 is 5.73 Å². The first-order valence-corrected chi connectivity index (χ1v) is 7.96. The average Bonchev–Trinajstić information content (AvgIpc) is 2.66. The Balaban J connectivity index is 2.12.